The number of hydrogen-bond donors (Lipinski definition) is 1. The highest BCUT2D eigenvalue weighted by molar-refractivity contribution is 5.50. The number of pyridine rings is 1. The largest absolute Gasteiger partial charge is 0.479 e. The Labute approximate surface area is 82.3 Å². The maximum absolute atomic E-state index is 8.27. The van der Waals surface area contributed by atoms with Crippen molar-refractivity contribution in [2.24, 2.45) is 0 Å². The zero-order valence-corrected chi connectivity index (χ0v) is 7.74. The predicted molar refractivity (Wildman–Crippen MR) is 52.3 cm³/mol. The molecule has 0 saturated carbocycles. The summed E-state index contributed by atoms with van der Waals surface area (Å²) in [6.45, 7) is 0. The third-order valence-electron chi connectivity index (χ3n) is 1.47. The van der Waals surface area contributed by atoms with Gasteiger partial charge in [-0.15, -0.1) is 0 Å². The lowest BCUT2D eigenvalue weighted by Gasteiger charge is -2.01. The average Bonchev–Trinajstić information content (AvgIpc) is 2.21. The van der Waals surface area contributed by atoms with Gasteiger partial charge in [-0.3, -0.25) is 0 Å². The molecule has 0 spiro atoms. The van der Waals surface area contributed by atoms with Crippen LogP contribution in [0.5, 0.6) is 5.88 Å². The minimum atomic E-state index is 0.189. The Morgan fingerprint density at radius 3 is 3.00 bits per heavy atom. The first-order valence-electron chi connectivity index (χ1n) is 3.94. The fraction of sp³-hybridized carbons (Fsp3) is 0.200. The summed E-state index contributed by atoms with van der Waals surface area (Å²) >= 11 is 0. The quantitative estimate of drug-likeness (QED) is 0.664. The maximum Gasteiger partial charge on any atom is 0.238 e. The number of hydrogen-bond acceptors (Lipinski definition) is 4. The first kappa shape index (κ1) is 9.88. The molecule has 0 bridgehead atoms. The molecule has 0 atom stereocenters. The molecular weight excluding hydrogens is 178 g/mol. The monoisotopic (exact) mass is 187 g/mol. The van der Waals surface area contributed by atoms with Crippen molar-refractivity contribution in [2.45, 2.75) is 6.42 Å². The van der Waals surface area contributed by atoms with E-state index in [1.54, 1.807) is 12.1 Å². The summed E-state index contributed by atoms with van der Waals surface area (Å²) in [5.41, 5.74) is 6.58. The van der Waals surface area contributed by atoms with Gasteiger partial charge in [0.15, 0.2) is 0 Å². The topological polar surface area (TPSA) is 71.9 Å². The molecule has 0 radical (unpaired) electrons. The molecule has 0 aliphatic rings. The van der Waals surface area contributed by atoms with Crippen LogP contribution in [0.2, 0.25) is 0 Å². The summed E-state index contributed by atoms with van der Waals surface area (Å²) in [5.74, 6) is 5.74. The normalized spacial score (nSPS) is 8.29. The molecule has 2 N–H and O–H groups in total. The number of methoxy groups -OCH3 is 1. The third-order valence-corrected chi connectivity index (χ3v) is 1.47. The summed E-state index contributed by atoms with van der Waals surface area (Å²) in [6, 6.07) is 5.27. The minimum Gasteiger partial charge on any atom is -0.479 e. The second kappa shape index (κ2) is 4.74. The van der Waals surface area contributed by atoms with E-state index in [1.165, 1.54) is 7.11 Å². The van der Waals surface area contributed by atoms with Crippen LogP contribution in [0.1, 0.15) is 12.1 Å². The lowest BCUT2D eigenvalue weighted by molar-refractivity contribution is 0.400. The Kier molecular flexibility index (Phi) is 3.34. The number of nitrogen functional groups attached to an aromatic ring is 1. The van der Waals surface area contributed by atoms with E-state index < -0.39 is 0 Å². The molecule has 14 heavy (non-hydrogen) atoms. The Morgan fingerprint density at radius 1 is 1.57 bits per heavy atom. The van der Waals surface area contributed by atoms with Gasteiger partial charge in [0, 0.05) is 0 Å². The van der Waals surface area contributed by atoms with Crippen molar-refractivity contribution in [2.75, 3.05) is 12.8 Å². The number of aromatic nitrogens is 1. The van der Waals surface area contributed by atoms with Crippen molar-refractivity contribution >= 4 is 5.69 Å². The average molecular weight is 187 g/mol. The van der Waals surface area contributed by atoms with Crippen LogP contribution in [-0.2, 0) is 0 Å². The first-order chi connectivity index (χ1) is 6.77. The highest BCUT2D eigenvalue weighted by Gasteiger charge is 1.99. The van der Waals surface area contributed by atoms with Crippen LogP contribution in [0.15, 0.2) is 12.1 Å². The van der Waals surface area contributed by atoms with E-state index in [0.717, 1.165) is 0 Å². The molecule has 0 unspecified atom stereocenters. The zero-order valence-electron chi connectivity index (χ0n) is 7.74. The van der Waals surface area contributed by atoms with Gasteiger partial charge in [-0.2, -0.15) is 5.26 Å². The van der Waals surface area contributed by atoms with Crippen molar-refractivity contribution in [1.82, 2.24) is 4.98 Å². The van der Waals surface area contributed by atoms with Gasteiger partial charge in [0.05, 0.1) is 25.3 Å². The lowest BCUT2D eigenvalue weighted by atomic mass is 10.3. The number of anilines is 1. The van der Waals surface area contributed by atoms with Gasteiger partial charge >= 0.3 is 0 Å². The highest BCUT2D eigenvalue weighted by Crippen LogP contribution is 2.16. The summed E-state index contributed by atoms with van der Waals surface area (Å²) in [6.07, 6.45) is 0.189. The second-order valence-corrected chi connectivity index (χ2v) is 2.43. The molecule has 0 fully saturated rings. The van der Waals surface area contributed by atoms with Crippen molar-refractivity contribution < 1.29 is 4.74 Å². The van der Waals surface area contributed by atoms with E-state index in [9.17, 15) is 0 Å². The second-order valence-electron chi connectivity index (χ2n) is 2.43. The van der Waals surface area contributed by atoms with E-state index in [2.05, 4.69) is 16.8 Å². The van der Waals surface area contributed by atoms with Crippen LogP contribution < -0.4 is 10.5 Å². The first-order valence-corrected chi connectivity index (χ1v) is 3.94. The van der Waals surface area contributed by atoms with Crippen LogP contribution in [0, 0.1) is 23.2 Å². The fourth-order valence-corrected chi connectivity index (χ4v) is 0.859. The third kappa shape index (κ3) is 2.40. The van der Waals surface area contributed by atoms with Crippen molar-refractivity contribution in [3.05, 3.63) is 17.8 Å². The number of ether oxygens (including phenoxy) is 1. The molecule has 4 heteroatoms. The number of nitrogens with two attached hydrogens (primary N) is 1. The van der Waals surface area contributed by atoms with Crippen molar-refractivity contribution in [1.29, 1.82) is 5.26 Å². The predicted octanol–water partition coefficient (Wildman–Crippen LogP) is 0.938. The molecule has 0 aromatic carbocycles. The van der Waals surface area contributed by atoms with Gasteiger partial charge in [0.2, 0.25) is 5.88 Å². The zero-order chi connectivity index (χ0) is 10.4. The Hall–Kier alpha value is -2.20. The summed E-state index contributed by atoms with van der Waals surface area (Å²) in [4.78, 5) is 4.03. The molecular formula is C10H9N3O. The van der Waals surface area contributed by atoms with Gasteiger partial charge in [-0.05, 0) is 18.1 Å². The number of nitrogens with zero attached hydrogens (tertiary/aromatic N) is 2. The molecule has 70 valence electrons. The van der Waals surface area contributed by atoms with Crippen LogP contribution in [0.3, 0.4) is 0 Å². The van der Waals surface area contributed by atoms with Crippen LogP contribution >= 0.6 is 0 Å². The highest BCUT2D eigenvalue weighted by atomic mass is 16.5. The molecule has 0 amide bonds. The molecule has 1 rings (SSSR count). The van der Waals surface area contributed by atoms with Crippen LogP contribution in [0.25, 0.3) is 0 Å². The van der Waals surface area contributed by atoms with Gasteiger partial charge in [-0.25, -0.2) is 4.98 Å². The van der Waals surface area contributed by atoms with E-state index in [0.29, 0.717) is 17.3 Å². The Balaban J connectivity index is 2.92. The molecule has 0 aliphatic carbocycles. The van der Waals surface area contributed by atoms with Gasteiger partial charge < -0.3 is 10.5 Å². The van der Waals surface area contributed by atoms with Gasteiger partial charge in [0.25, 0.3) is 0 Å². The molecule has 1 aromatic rings. The molecule has 0 saturated heterocycles. The van der Waals surface area contributed by atoms with Crippen LogP contribution in [0.4, 0.5) is 5.69 Å². The van der Waals surface area contributed by atoms with Gasteiger partial charge in [-0.1, -0.05) is 5.92 Å². The van der Waals surface area contributed by atoms with E-state index in [1.807, 2.05) is 6.07 Å². The maximum atomic E-state index is 8.27. The molecule has 1 heterocycles. The number of nitriles is 1. The molecule has 4 nitrogen and oxygen atoms in total. The van der Waals surface area contributed by atoms with Gasteiger partial charge in [0.1, 0.15) is 5.69 Å². The molecule has 1 aromatic heterocycles. The summed E-state index contributed by atoms with van der Waals surface area (Å²) in [7, 11) is 1.49. The van der Waals surface area contributed by atoms with Crippen molar-refractivity contribution in [3.63, 3.8) is 0 Å². The SMILES string of the molecule is COc1nc(C#CCC#N)ccc1N. The van der Waals surface area contributed by atoms with E-state index >= 15 is 0 Å². The molecule has 0 aliphatic heterocycles. The lowest BCUT2D eigenvalue weighted by Crippen LogP contribution is -1.96. The van der Waals surface area contributed by atoms with E-state index in [-0.39, 0.29) is 6.42 Å². The summed E-state index contributed by atoms with van der Waals surface area (Å²) < 4.78 is 4.92. The number of rotatable bonds is 1. The Morgan fingerprint density at radius 2 is 2.36 bits per heavy atom. The van der Waals surface area contributed by atoms with Crippen molar-refractivity contribution in [3.8, 4) is 23.8 Å². The standard InChI is InChI=1S/C10H9N3O/c1-14-10-9(12)6-5-8(13-10)4-2-3-7-11/h5-6H,3,12H2,1H3. The van der Waals surface area contributed by atoms with E-state index in [4.69, 9.17) is 15.7 Å². The smallest absolute Gasteiger partial charge is 0.238 e. The Bertz CT molecular complexity index is 423. The summed E-state index contributed by atoms with van der Waals surface area (Å²) in [5, 5.41) is 8.27. The minimum absolute atomic E-state index is 0.189. The fourth-order valence-electron chi connectivity index (χ4n) is 0.859. The van der Waals surface area contributed by atoms with Crippen LogP contribution in [-0.4, -0.2) is 12.1 Å².